The lowest BCUT2D eigenvalue weighted by Gasteiger charge is -2.24. The van der Waals surface area contributed by atoms with Gasteiger partial charge in [0.25, 0.3) is 11.5 Å². The molecular weight excluding hydrogens is 460 g/mol. The van der Waals surface area contributed by atoms with E-state index in [-0.39, 0.29) is 24.6 Å². The summed E-state index contributed by atoms with van der Waals surface area (Å²) in [6, 6.07) is 18.7. The van der Waals surface area contributed by atoms with Crippen LogP contribution in [-0.4, -0.2) is 45.5 Å². The van der Waals surface area contributed by atoms with E-state index in [0.29, 0.717) is 24.3 Å². The highest BCUT2D eigenvalue weighted by atomic mass is 16.5. The van der Waals surface area contributed by atoms with Gasteiger partial charge in [-0.15, -0.1) is 0 Å². The third-order valence-corrected chi connectivity index (χ3v) is 5.88. The molecule has 36 heavy (non-hydrogen) atoms. The van der Waals surface area contributed by atoms with Crippen LogP contribution < -0.4 is 21.9 Å². The number of aromatic amines is 1. The minimum absolute atomic E-state index is 0.0847. The summed E-state index contributed by atoms with van der Waals surface area (Å²) in [6.45, 7) is 2.44. The van der Waals surface area contributed by atoms with Gasteiger partial charge in [0.15, 0.2) is 5.69 Å². The predicted molar refractivity (Wildman–Crippen MR) is 138 cm³/mol. The van der Waals surface area contributed by atoms with Gasteiger partial charge in [0.1, 0.15) is 5.82 Å². The van der Waals surface area contributed by atoms with E-state index in [0.717, 1.165) is 11.3 Å². The Labute approximate surface area is 207 Å². The molecule has 0 unspecified atom stereocenters. The summed E-state index contributed by atoms with van der Waals surface area (Å²) in [7, 11) is 1.56. The number of nitrogens with one attached hydrogen (secondary N) is 1. The van der Waals surface area contributed by atoms with Crippen molar-refractivity contribution in [3.63, 3.8) is 0 Å². The van der Waals surface area contributed by atoms with Gasteiger partial charge in [0, 0.05) is 20.3 Å². The van der Waals surface area contributed by atoms with Gasteiger partial charge in [0.05, 0.1) is 29.7 Å². The zero-order valence-corrected chi connectivity index (χ0v) is 20.2. The maximum atomic E-state index is 13.8. The first-order chi connectivity index (χ1) is 17.4. The standard InChI is InChI=1S/C26H28N6O4/c1-18-21(16-28-32(18)20-12-7-4-8-13-20)25(34)30(14-9-15-36-2)22-23(27)31(26(35)29-24(22)33)17-19-10-5-3-6-11-19/h3-8,10-13,16H,9,14-15,17,27H2,1-2H3,(H,29,33,35). The number of anilines is 2. The van der Waals surface area contributed by atoms with Crippen LogP contribution in [-0.2, 0) is 11.3 Å². The number of para-hydroxylation sites is 1. The smallest absolute Gasteiger partial charge is 0.330 e. The summed E-state index contributed by atoms with van der Waals surface area (Å²) in [4.78, 5) is 43.1. The SMILES string of the molecule is COCCCN(C(=O)c1cnn(-c2ccccc2)c1C)c1c(N)n(Cc2ccccc2)c(=O)[nH]c1=O. The molecule has 4 aromatic rings. The molecule has 0 aliphatic carbocycles. The molecule has 0 aliphatic rings. The molecule has 4 rings (SSSR count). The maximum absolute atomic E-state index is 13.8. The summed E-state index contributed by atoms with van der Waals surface area (Å²) in [6.07, 6.45) is 1.92. The Hall–Kier alpha value is -4.44. The molecule has 2 aromatic heterocycles. The highest BCUT2D eigenvalue weighted by Gasteiger charge is 2.27. The minimum Gasteiger partial charge on any atom is -0.385 e. The molecule has 3 N–H and O–H groups in total. The number of nitrogens with two attached hydrogens (primary N) is 1. The van der Waals surface area contributed by atoms with Crippen LogP contribution >= 0.6 is 0 Å². The fourth-order valence-corrected chi connectivity index (χ4v) is 4.04. The van der Waals surface area contributed by atoms with Crippen LogP contribution in [0.1, 0.15) is 28.0 Å². The Morgan fingerprint density at radius 3 is 2.42 bits per heavy atom. The van der Waals surface area contributed by atoms with Gasteiger partial charge in [-0.3, -0.25) is 19.1 Å². The van der Waals surface area contributed by atoms with Gasteiger partial charge >= 0.3 is 5.69 Å². The number of nitrogen functional groups attached to an aromatic ring is 1. The lowest BCUT2D eigenvalue weighted by Crippen LogP contribution is -2.42. The summed E-state index contributed by atoms with van der Waals surface area (Å²) in [5.41, 5.74) is 7.46. The van der Waals surface area contributed by atoms with E-state index in [1.807, 2.05) is 60.7 Å². The number of aromatic nitrogens is 4. The van der Waals surface area contributed by atoms with E-state index >= 15 is 0 Å². The van der Waals surface area contributed by atoms with Crippen LogP contribution in [0.25, 0.3) is 5.69 Å². The van der Waals surface area contributed by atoms with Gasteiger partial charge in [-0.25, -0.2) is 9.48 Å². The second-order valence-electron chi connectivity index (χ2n) is 8.26. The first kappa shape index (κ1) is 24.7. The third-order valence-electron chi connectivity index (χ3n) is 5.88. The lowest BCUT2D eigenvalue weighted by molar-refractivity contribution is 0.0982. The summed E-state index contributed by atoms with van der Waals surface area (Å²) in [5, 5.41) is 4.38. The quantitative estimate of drug-likeness (QED) is 0.348. The van der Waals surface area contributed by atoms with Crippen molar-refractivity contribution in [3.05, 3.63) is 105 Å². The molecular formula is C26H28N6O4. The summed E-state index contributed by atoms with van der Waals surface area (Å²) < 4.78 is 8.06. The molecule has 0 radical (unpaired) electrons. The van der Waals surface area contributed by atoms with E-state index in [1.165, 1.54) is 15.7 Å². The van der Waals surface area contributed by atoms with Gasteiger partial charge < -0.3 is 15.4 Å². The number of rotatable bonds is 9. The van der Waals surface area contributed by atoms with Crippen molar-refractivity contribution in [1.82, 2.24) is 19.3 Å². The summed E-state index contributed by atoms with van der Waals surface area (Å²) >= 11 is 0. The van der Waals surface area contributed by atoms with Gasteiger partial charge in [0.2, 0.25) is 0 Å². The van der Waals surface area contributed by atoms with Crippen molar-refractivity contribution in [2.45, 2.75) is 19.9 Å². The zero-order valence-electron chi connectivity index (χ0n) is 20.2. The Kier molecular flexibility index (Phi) is 7.45. The molecule has 0 aliphatic heterocycles. The molecule has 186 valence electrons. The van der Waals surface area contributed by atoms with E-state index in [1.54, 1.807) is 18.7 Å². The minimum atomic E-state index is -0.735. The number of ether oxygens (including phenoxy) is 1. The number of nitrogens with zero attached hydrogens (tertiary/aromatic N) is 4. The topological polar surface area (TPSA) is 128 Å². The molecule has 0 bridgehead atoms. The van der Waals surface area contributed by atoms with Crippen molar-refractivity contribution in [3.8, 4) is 5.69 Å². The van der Waals surface area contributed by atoms with Gasteiger partial charge in [-0.05, 0) is 31.0 Å². The Balaban J connectivity index is 1.78. The number of carbonyl (C=O) groups is 1. The molecule has 2 heterocycles. The number of H-pyrrole nitrogens is 1. The molecule has 0 atom stereocenters. The van der Waals surface area contributed by atoms with Crippen molar-refractivity contribution in [1.29, 1.82) is 0 Å². The zero-order chi connectivity index (χ0) is 25.7. The molecule has 0 fully saturated rings. The predicted octanol–water partition coefficient (Wildman–Crippen LogP) is 2.34. The van der Waals surface area contributed by atoms with Crippen LogP contribution in [0.15, 0.2) is 76.4 Å². The van der Waals surface area contributed by atoms with Crippen molar-refractivity contribution < 1.29 is 9.53 Å². The number of benzene rings is 2. The normalized spacial score (nSPS) is 10.9. The first-order valence-corrected chi connectivity index (χ1v) is 11.5. The molecule has 2 aromatic carbocycles. The Morgan fingerprint density at radius 2 is 1.75 bits per heavy atom. The second-order valence-corrected chi connectivity index (χ2v) is 8.26. The van der Waals surface area contributed by atoms with Gasteiger partial charge in [-0.2, -0.15) is 5.10 Å². The van der Waals surface area contributed by atoms with Crippen LogP contribution in [0.2, 0.25) is 0 Å². The number of hydrogen-bond acceptors (Lipinski definition) is 6. The van der Waals surface area contributed by atoms with E-state index in [2.05, 4.69) is 10.1 Å². The fraction of sp³-hybridized carbons (Fsp3) is 0.231. The van der Waals surface area contributed by atoms with Crippen LogP contribution in [0.4, 0.5) is 11.5 Å². The Morgan fingerprint density at radius 1 is 1.08 bits per heavy atom. The average molecular weight is 489 g/mol. The lowest BCUT2D eigenvalue weighted by atomic mass is 10.2. The number of hydrogen-bond donors (Lipinski definition) is 2. The number of amides is 1. The molecule has 0 saturated heterocycles. The van der Waals surface area contributed by atoms with Crippen LogP contribution in [0.3, 0.4) is 0 Å². The van der Waals surface area contributed by atoms with Crippen molar-refractivity contribution in [2.75, 3.05) is 30.9 Å². The van der Waals surface area contributed by atoms with Crippen molar-refractivity contribution >= 4 is 17.4 Å². The first-order valence-electron chi connectivity index (χ1n) is 11.5. The van der Waals surface area contributed by atoms with Gasteiger partial charge in [-0.1, -0.05) is 48.5 Å². The van der Waals surface area contributed by atoms with E-state index in [4.69, 9.17) is 10.5 Å². The average Bonchev–Trinajstić information content (AvgIpc) is 3.27. The Bertz CT molecular complexity index is 1460. The number of carbonyl (C=O) groups excluding carboxylic acids is 1. The molecule has 10 nitrogen and oxygen atoms in total. The summed E-state index contributed by atoms with van der Waals surface area (Å²) in [5.74, 6) is -0.542. The second kappa shape index (κ2) is 10.9. The highest BCUT2D eigenvalue weighted by Crippen LogP contribution is 2.23. The monoisotopic (exact) mass is 488 g/mol. The molecule has 0 spiro atoms. The maximum Gasteiger partial charge on any atom is 0.330 e. The van der Waals surface area contributed by atoms with E-state index in [9.17, 15) is 14.4 Å². The van der Waals surface area contributed by atoms with E-state index < -0.39 is 17.2 Å². The largest absolute Gasteiger partial charge is 0.385 e. The third kappa shape index (κ3) is 4.98. The van der Waals surface area contributed by atoms with Crippen molar-refractivity contribution in [2.24, 2.45) is 0 Å². The van der Waals surface area contributed by atoms with Crippen LogP contribution in [0, 0.1) is 6.92 Å². The fourth-order valence-electron chi connectivity index (χ4n) is 4.04. The molecule has 0 saturated carbocycles. The van der Waals surface area contributed by atoms with Crippen LogP contribution in [0.5, 0.6) is 0 Å². The molecule has 1 amide bonds. The molecule has 10 heteroatoms. The highest BCUT2D eigenvalue weighted by molar-refractivity contribution is 6.07. The number of methoxy groups -OCH3 is 1.